The predicted octanol–water partition coefficient (Wildman–Crippen LogP) is 2.70. The number of rotatable bonds is 1. The zero-order valence-electron chi connectivity index (χ0n) is 10.5. The van der Waals surface area contributed by atoms with Crippen molar-refractivity contribution in [1.29, 1.82) is 0 Å². The number of aromatic nitrogens is 3. The first-order valence-electron chi connectivity index (χ1n) is 5.87. The zero-order chi connectivity index (χ0) is 15.2. The predicted molar refractivity (Wildman–Crippen MR) is 69.5 cm³/mol. The molecule has 3 aromatic rings. The van der Waals surface area contributed by atoms with E-state index in [9.17, 15) is 18.3 Å². The van der Waals surface area contributed by atoms with Crippen LogP contribution < -0.4 is 5.73 Å². The molecule has 0 radical (unpaired) electrons. The number of phenolic OH excluding ortho intramolecular Hbond substituents is 1. The number of halogens is 3. The lowest BCUT2D eigenvalue weighted by atomic mass is 10.1. The van der Waals surface area contributed by atoms with Crippen molar-refractivity contribution in [1.82, 2.24) is 14.6 Å². The van der Waals surface area contributed by atoms with E-state index in [2.05, 4.69) is 10.1 Å². The summed E-state index contributed by atoms with van der Waals surface area (Å²) in [6.07, 6.45) is -2.67. The van der Waals surface area contributed by atoms with Crippen molar-refractivity contribution in [2.24, 2.45) is 0 Å². The highest BCUT2D eigenvalue weighted by atomic mass is 19.4. The molecule has 1 aromatic carbocycles. The van der Waals surface area contributed by atoms with Crippen LogP contribution in [0.5, 0.6) is 5.75 Å². The quantitative estimate of drug-likeness (QED) is 0.723. The molecule has 5 nitrogen and oxygen atoms in total. The Balaban J connectivity index is 2.30. The monoisotopic (exact) mass is 294 g/mol. The fourth-order valence-electron chi connectivity index (χ4n) is 2.05. The van der Waals surface area contributed by atoms with Gasteiger partial charge >= 0.3 is 6.18 Å². The molecule has 3 N–H and O–H groups in total. The Morgan fingerprint density at radius 1 is 1.10 bits per heavy atom. The number of hydrogen-bond donors (Lipinski definition) is 2. The smallest absolute Gasteiger partial charge is 0.421 e. The van der Waals surface area contributed by atoms with Crippen molar-refractivity contribution in [2.45, 2.75) is 6.18 Å². The summed E-state index contributed by atoms with van der Waals surface area (Å²) in [6.45, 7) is 0. The molecule has 0 bridgehead atoms. The number of benzene rings is 1. The van der Waals surface area contributed by atoms with Crippen LogP contribution in [0.1, 0.15) is 5.56 Å². The summed E-state index contributed by atoms with van der Waals surface area (Å²) in [7, 11) is 0. The number of nitrogens with two attached hydrogens (primary N) is 1. The first kappa shape index (κ1) is 13.2. The molecule has 0 fully saturated rings. The lowest BCUT2D eigenvalue weighted by Gasteiger charge is -2.09. The zero-order valence-corrected chi connectivity index (χ0v) is 10.5. The van der Waals surface area contributed by atoms with Gasteiger partial charge in [0.25, 0.3) is 0 Å². The lowest BCUT2D eigenvalue weighted by molar-refractivity contribution is -0.136. The summed E-state index contributed by atoms with van der Waals surface area (Å²) in [5.74, 6) is 0.0408. The van der Waals surface area contributed by atoms with Gasteiger partial charge in [-0.05, 0) is 24.3 Å². The van der Waals surface area contributed by atoms with Crippen molar-refractivity contribution in [3.05, 3.63) is 42.2 Å². The molecule has 2 aromatic heterocycles. The Bertz CT molecular complexity index is 809. The fraction of sp³-hybridized carbons (Fsp3) is 0.0769. The second-order valence-corrected chi connectivity index (χ2v) is 4.40. The Morgan fingerprint density at radius 3 is 2.38 bits per heavy atom. The number of phenols is 1. The summed E-state index contributed by atoms with van der Waals surface area (Å²) in [5.41, 5.74) is 5.56. The van der Waals surface area contributed by atoms with Gasteiger partial charge in [0, 0.05) is 5.56 Å². The van der Waals surface area contributed by atoms with Crippen molar-refractivity contribution in [2.75, 3.05) is 5.73 Å². The molecular weight excluding hydrogens is 285 g/mol. The second kappa shape index (κ2) is 4.37. The molecule has 0 aliphatic heterocycles. The third-order valence-corrected chi connectivity index (χ3v) is 3.00. The molecule has 0 saturated carbocycles. The van der Waals surface area contributed by atoms with Gasteiger partial charge in [-0.25, -0.2) is 9.50 Å². The molecule has 3 rings (SSSR count). The molecule has 0 aliphatic rings. The standard InChI is InChI=1S/C13H9F3N4O/c14-13(15,16)9-5-19-20-11(10(17)6-18-12(9)20)7-1-3-8(21)4-2-7/h1-6,21H,17H2. The van der Waals surface area contributed by atoms with Gasteiger partial charge in [0.05, 0.1) is 23.8 Å². The maximum Gasteiger partial charge on any atom is 0.421 e. The highest BCUT2D eigenvalue weighted by Gasteiger charge is 2.35. The van der Waals surface area contributed by atoms with Crippen LogP contribution in [0, 0.1) is 0 Å². The summed E-state index contributed by atoms with van der Waals surface area (Å²) in [6, 6.07) is 5.90. The molecule has 0 atom stereocenters. The van der Waals surface area contributed by atoms with Gasteiger partial charge in [0.2, 0.25) is 0 Å². The van der Waals surface area contributed by atoms with Crippen LogP contribution in [-0.4, -0.2) is 19.7 Å². The summed E-state index contributed by atoms with van der Waals surface area (Å²) in [4.78, 5) is 3.72. The largest absolute Gasteiger partial charge is 0.508 e. The number of nitrogen functional groups attached to an aromatic ring is 1. The maximum atomic E-state index is 12.9. The van der Waals surface area contributed by atoms with E-state index in [1.807, 2.05) is 0 Å². The minimum absolute atomic E-state index is 0.0408. The third kappa shape index (κ3) is 2.14. The van der Waals surface area contributed by atoms with Gasteiger partial charge in [0.15, 0.2) is 5.65 Å². The molecule has 2 heterocycles. The van der Waals surface area contributed by atoms with Gasteiger partial charge in [-0.3, -0.25) is 0 Å². The van der Waals surface area contributed by atoms with E-state index in [4.69, 9.17) is 5.73 Å². The van der Waals surface area contributed by atoms with E-state index in [0.29, 0.717) is 11.8 Å². The molecule has 0 amide bonds. The minimum Gasteiger partial charge on any atom is -0.508 e. The van der Waals surface area contributed by atoms with Crippen molar-refractivity contribution < 1.29 is 18.3 Å². The molecular formula is C13H9F3N4O. The Labute approximate surface area is 116 Å². The van der Waals surface area contributed by atoms with Crippen molar-refractivity contribution in [3.63, 3.8) is 0 Å². The molecule has 0 unspecified atom stereocenters. The van der Waals surface area contributed by atoms with Gasteiger partial charge in [-0.15, -0.1) is 0 Å². The first-order valence-corrected chi connectivity index (χ1v) is 5.87. The summed E-state index contributed by atoms with van der Waals surface area (Å²) >= 11 is 0. The van der Waals surface area contributed by atoms with E-state index in [-0.39, 0.29) is 22.8 Å². The third-order valence-electron chi connectivity index (χ3n) is 3.00. The molecule has 108 valence electrons. The lowest BCUT2D eigenvalue weighted by Crippen LogP contribution is -2.07. The average molecular weight is 294 g/mol. The van der Waals surface area contributed by atoms with E-state index >= 15 is 0 Å². The summed E-state index contributed by atoms with van der Waals surface area (Å²) in [5, 5.41) is 13.0. The van der Waals surface area contributed by atoms with Crippen LogP contribution in [0.15, 0.2) is 36.7 Å². The van der Waals surface area contributed by atoms with Gasteiger partial charge in [0.1, 0.15) is 11.3 Å². The number of nitrogens with zero attached hydrogens (tertiary/aromatic N) is 3. The van der Waals surface area contributed by atoms with E-state index in [0.717, 1.165) is 10.7 Å². The minimum atomic E-state index is -4.54. The Morgan fingerprint density at radius 2 is 1.76 bits per heavy atom. The SMILES string of the molecule is Nc1cnc2c(C(F)(F)F)cnn2c1-c1ccc(O)cc1. The van der Waals surface area contributed by atoms with Crippen molar-refractivity contribution in [3.8, 4) is 17.0 Å². The normalized spacial score (nSPS) is 12.0. The Kier molecular flexibility index (Phi) is 2.75. The molecule has 0 spiro atoms. The van der Waals surface area contributed by atoms with Crippen LogP contribution in [-0.2, 0) is 6.18 Å². The molecule has 8 heteroatoms. The molecule has 21 heavy (non-hydrogen) atoms. The number of anilines is 1. The van der Waals surface area contributed by atoms with Crippen LogP contribution in [0.25, 0.3) is 16.9 Å². The highest BCUT2D eigenvalue weighted by Crippen LogP contribution is 2.34. The van der Waals surface area contributed by atoms with Crippen molar-refractivity contribution >= 4 is 11.3 Å². The van der Waals surface area contributed by atoms with E-state index < -0.39 is 11.7 Å². The number of aromatic hydroxyl groups is 1. The summed E-state index contributed by atoms with van der Waals surface area (Å²) < 4.78 is 39.7. The van der Waals surface area contributed by atoms with Gasteiger partial charge in [-0.1, -0.05) is 0 Å². The topological polar surface area (TPSA) is 76.4 Å². The number of fused-ring (bicyclic) bond motifs is 1. The first-order chi connectivity index (χ1) is 9.88. The maximum absolute atomic E-state index is 12.9. The average Bonchev–Trinajstić information content (AvgIpc) is 2.84. The van der Waals surface area contributed by atoms with E-state index in [1.165, 1.54) is 24.3 Å². The number of hydrogen-bond acceptors (Lipinski definition) is 4. The molecule has 0 saturated heterocycles. The van der Waals surface area contributed by atoms with Crippen LogP contribution in [0.3, 0.4) is 0 Å². The highest BCUT2D eigenvalue weighted by molar-refractivity contribution is 5.75. The van der Waals surface area contributed by atoms with Gasteiger partial charge < -0.3 is 10.8 Å². The number of alkyl halides is 3. The second-order valence-electron chi connectivity index (χ2n) is 4.40. The van der Waals surface area contributed by atoms with Crippen LogP contribution >= 0.6 is 0 Å². The Hall–Kier alpha value is -2.77. The fourth-order valence-corrected chi connectivity index (χ4v) is 2.05. The molecule has 0 aliphatic carbocycles. The van der Waals surface area contributed by atoms with Crippen LogP contribution in [0.2, 0.25) is 0 Å². The van der Waals surface area contributed by atoms with E-state index in [1.54, 1.807) is 0 Å². The van der Waals surface area contributed by atoms with Gasteiger partial charge in [-0.2, -0.15) is 18.3 Å². The van der Waals surface area contributed by atoms with Crippen LogP contribution in [0.4, 0.5) is 18.9 Å².